The van der Waals surface area contributed by atoms with Crippen molar-refractivity contribution >= 4 is 145 Å². The average molecular weight is 1930 g/mol. The van der Waals surface area contributed by atoms with Gasteiger partial charge in [0.1, 0.15) is 22.7 Å². The Hall–Kier alpha value is -16.6. The molecule has 10 heterocycles. The first kappa shape index (κ1) is 83.2. The summed E-state index contributed by atoms with van der Waals surface area (Å²) in [5.41, 5.74) is 22.4. The molecule has 27 aromatic rings. The van der Waals surface area contributed by atoms with E-state index < -0.39 is 0 Å². The zero-order chi connectivity index (χ0) is 91.4. The van der Waals surface area contributed by atoms with Gasteiger partial charge in [0.05, 0.1) is 11.4 Å². The molecule has 0 aliphatic heterocycles. The van der Waals surface area contributed by atoms with Gasteiger partial charge in [0, 0.05) is 102 Å². The van der Waals surface area contributed by atoms with Crippen LogP contribution in [0.25, 0.3) is 261 Å². The molecule has 0 N–H and O–H groups in total. The number of thiophene rings is 2. The van der Waals surface area contributed by atoms with E-state index in [1.54, 1.807) is 4.26 Å². The first-order valence-electron chi connectivity index (χ1n) is 45.7. The molecule has 0 bridgehead atoms. The number of hydrogen-bond donors (Lipinski definition) is 0. The summed E-state index contributed by atoms with van der Waals surface area (Å²) in [6, 6.07) is 156. The van der Waals surface area contributed by atoms with Crippen LogP contribution in [0.2, 0.25) is 0 Å². The molecule has 17 aromatic carbocycles. The van der Waals surface area contributed by atoms with Gasteiger partial charge in [-0.05, 0) is 87.4 Å². The van der Waals surface area contributed by atoms with Crippen LogP contribution in [0.4, 0.5) is 0 Å². The maximum absolute atomic E-state index is 6.70. The second-order valence-electron chi connectivity index (χ2n) is 34.0. The van der Waals surface area contributed by atoms with Gasteiger partial charge in [-0.1, -0.05) is 285 Å². The molecule has 0 saturated carbocycles. The molecule has 0 fully saturated rings. The second kappa shape index (κ2) is 36.3. The van der Waals surface area contributed by atoms with E-state index in [0.717, 1.165) is 134 Å². The smallest absolute Gasteiger partial charge is 0.164 e. The number of pyridine rings is 2. The summed E-state index contributed by atoms with van der Waals surface area (Å²) in [5, 5.41) is 17.1. The molecule has 10 aromatic heterocycles. The van der Waals surface area contributed by atoms with Gasteiger partial charge in [-0.25, -0.2) is 34.9 Å². The van der Waals surface area contributed by atoms with Gasteiger partial charge < -0.3 is 8.83 Å². The van der Waals surface area contributed by atoms with E-state index in [1.165, 1.54) is 88.3 Å². The monoisotopic (exact) mass is 1930 g/mol. The Kier molecular flexibility index (Phi) is 21.9. The number of aromatic nitrogens is 8. The van der Waals surface area contributed by atoms with E-state index in [-0.39, 0.29) is 14.5 Å². The van der Waals surface area contributed by atoms with Crippen molar-refractivity contribution in [2.24, 2.45) is 0 Å². The minimum absolute atomic E-state index is 0.255. The third-order valence-corrected chi connectivity index (χ3v) is 32.1. The number of hydrogen-bond acceptors (Lipinski definition) is 12. The van der Waals surface area contributed by atoms with Gasteiger partial charge in [0.2, 0.25) is 0 Å². The quantitative estimate of drug-likeness (QED) is 0.0915. The molecule has 648 valence electrons. The molecule has 0 radical (unpaired) electrons. The number of fused-ring (bicyclic) bond motifs is 15. The van der Waals surface area contributed by atoms with Gasteiger partial charge in [0.25, 0.3) is 0 Å². The molecule has 0 aliphatic carbocycles. The zero-order valence-corrected chi connectivity index (χ0v) is 79.0. The Morgan fingerprint density at radius 2 is 0.565 bits per heavy atom. The Bertz CT molecular complexity index is 9010. The van der Waals surface area contributed by atoms with Crippen molar-refractivity contribution in [2.75, 3.05) is 0 Å². The molecule has 0 atom stereocenters. The molecule has 138 heavy (non-hydrogen) atoms. The standard InChI is InChI=1S/C56H34N6O2.C37H23NS2.C31H19NSe2/c1-5-14-36(15-6-1)51-57-52(37-16-7-2-8-17-37)60-55(59-51)40-26-24-35(25-27-40)47-33-42-28-30-46-45(49(42)63-47)31-29-43-34-48(64-50(43)46)41-22-13-23-44(32-41)56-61-53(38-18-9-3-10-19-38)58-54(62-56)39-20-11-4-12-21-39;1-3-7-25(8-4-1)33-21-30(22-34(38-33)26-9-5-2-6-10-26)24-11-13-27(14-12-24)35-23-29-16-18-31-32(37(29)40-35)17-15-28-19-20-39-36(28)31;1-3-7-20(8-4-1)27-17-24(18-28(32-27)21-9-5-2-6-10-21)29-19-23-12-14-25-26(31(23)34-29)13-11-22-15-16-33-30(22)25/h1-34H;1-23H;1-19H. The fourth-order valence-corrected chi connectivity index (χ4v) is 24.9. The van der Waals surface area contributed by atoms with Crippen LogP contribution < -0.4 is 0 Å². The number of nitrogens with zero attached hydrogens (tertiary/aromatic N) is 8. The summed E-state index contributed by atoms with van der Waals surface area (Å²) in [6.07, 6.45) is 0. The van der Waals surface area contributed by atoms with Crippen LogP contribution in [0.3, 0.4) is 0 Å². The Balaban J connectivity index is 0.000000117. The Morgan fingerprint density at radius 1 is 0.203 bits per heavy atom. The van der Waals surface area contributed by atoms with Gasteiger partial charge >= 0.3 is 211 Å². The SMILES string of the molecule is c1ccc(-c2cc(-c3cc4ccc5c(ccc6cc[se]c65)c4[se]3)cc(-c3ccccc3)n2)cc1.c1ccc(-c2cc(-c3ccc(-c4cc5ccc6c(ccc7ccsc76)c5s4)cc3)cc(-c3ccccc3)n2)cc1.c1ccc(-c2nc(-c3ccccc3)nc(-c3ccc(-c4cc5ccc6c(ccc7cc(-c8cccc(-c9nc(-c%10ccccc%10)nc(-c%10ccccc%10)n9)c8)oc76)c5o4)cc3)n2)cc1. The van der Waals surface area contributed by atoms with E-state index >= 15 is 0 Å². The van der Waals surface area contributed by atoms with Crippen molar-refractivity contribution in [2.45, 2.75) is 0 Å². The molecule has 0 aliphatic rings. The summed E-state index contributed by atoms with van der Waals surface area (Å²) in [6.45, 7) is 0. The summed E-state index contributed by atoms with van der Waals surface area (Å²) in [4.78, 5) is 43.1. The van der Waals surface area contributed by atoms with Crippen LogP contribution in [-0.2, 0) is 0 Å². The Morgan fingerprint density at radius 3 is 1.06 bits per heavy atom. The van der Waals surface area contributed by atoms with Gasteiger partial charge in [-0.3, -0.25) is 0 Å². The third kappa shape index (κ3) is 16.4. The van der Waals surface area contributed by atoms with Crippen molar-refractivity contribution in [1.82, 2.24) is 39.9 Å². The van der Waals surface area contributed by atoms with Crippen LogP contribution in [-0.4, -0.2) is 68.9 Å². The van der Waals surface area contributed by atoms with E-state index in [0.29, 0.717) is 49.4 Å². The van der Waals surface area contributed by atoms with E-state index in [2.05, 4.69) is 295 Å². The summed E-state index contributed by atoms with van der Waals surface area (Å²) in [5.74, 6) is 5.17. The largest absolute Gasteiger partial charge is 0.455 e. The molecule has 14 heteroatoms. The fourth-order valence-electron chi connectivity index (χ4n) is 18.3. The summed E-state index contributed by atoms with van der Waals surface area (Å²) < 4.78 is 20.6. The Labute approximate surface area is 814 Å². The molecule has 0 unspecified atom stereocenters. The maximum atomic E-state index is 6.70. The normalized spacial score (nSPS) is 11.5. The molecule has 0 spiro atoms. The molecule has 0 saturated heterocycles. The summed E-state index contributed by atoms with van der Waals surface area (Å²) in [7, 11) is 0. The average Bonchev–Trinajstić information content (AvgIpc) is 1.57. The number of benzene rings is 17. The van der Waals surface area contributed by atoms with E-state index in [9.17, 15) is 0 Å². The van der Waals surface area contributed by atoms with E-state index in [4.69, 9.17) is 48.7 Å². The predicted molar refractivity (Wildman–Crippen MR) is 575 cm³/mol. The minimum atomic E-state index is 0.255. The van der Waals surface area contributed by atoms with Crippen molar-refractivity contribution in [1.29, 1.82) is 0 Å². The molecule has 27 rings (SSSR count). The molecule has 0 amide bonds. The van der Waals surface area contributed by atoms with Crippen LogP contribution in [0.5, 0.6) is 0 Å². The zero-order valence-electron chi connectivity index (χ0n) is 73.9. The van der Waals surface area contributed by atoms with Crippen molar-refractivity contribution in [3.05, 3.63) is 459 Å². The minimum Gasteiger partial charge on any atom is -0.455 e. The fraction of sp³-hybridized carbons (Fsp3) is 0. The third-order valence-electron chi connectivity index (χ3n) is 25.3. The topological polar surface area (TPSA) is 129 Å². The van der Waals surface area contributed by atoms with Gasteiger partial charge in [-0.15, -0.1) is 22.7 Å². The van der Waals surface area contributed by atoms with Gasteiger partial charge in [-0.2, -0.15) is 0 Å². The van der Waals surface area contributed by atoms with Crippen LogP contribution >= 0.6 is 22.7 Å². The van der Waals surface area contributed by atoms with E-state index in [1.807, 2.05) is 186 Å². The van der Waals surface area contributed by atoms with Crippen LogP contribution in [0.15, 0.2) is 468 Å². The summed E-state index contributed by atoms with van der Waals surface area (Å²) >= 11 is 4.42. The van der Waals surface area contributed by atoms with Crippen LogP contribution in [0.1, 0.15) is 0 Å². The predicted octanol–water partition coefficient (Wildman–Crippen LogP) is 33.0. The second-order valence-corrected chi connectivity index (χ2v) is 40.1. The first-order valence-corrected chi connectivity index (χ1v) is 50.9. The maximum Gasteiger partial charge on any atom is 0.164 e. The van der Waals surface area contributed by atoms with Crippen molar-refractivity contribution < 1.29 is 8.83 Å². The van der Waals surface area contributed by atoms with Crippen LogP contribution in [0, 0.1) is 0 Å². The first-order chi connectivity index (χ1) is 68.3. The number of furan rings is 2. The van der Waals surface area contributed by atoms with Crippen molar-refractivity contribution in [3.8, 4) is 168 Å². The van der Waals surface area contributed by atoms with Crippen molar-refractivity contribution in [3.63, 3.8) is 0 Å². The molecular formula is C124H76N8O2S2Se2. The van der Waals surface area contributed by atoms with Gasteiger partial charge in [0.15, 0.2) is 34.9 Å². The molecular weight excluding hydrogens is 1860 g/mol. The molecule has 10 nitrogen and oxygen atoms in total. The number of rotatable bonds is 15.